The minimum absolute atomic E-state index is 0.00606. The Bertz CT molecular complexity index is 623. The van der Waals surface area contributed by atoms with E-state index in [-0.39, 0.29) is 11.6 Å². The van der Waals surface area contributed by atoms with E-state index in [4.69, 9.17) is 0 Å². The summed E-state index contributed by atoms with van der Waals surface area (Å²) in [4.78, 5) is 11.8. The lowest BCUT2D eigenvalue weighted by Gasteiger charge is -2.06. The van der Waals surface area contributed by atoms with Crippen LogP contribution in [0.4, 0.5) is 22.0 Å². The van der Waals surface area contributed by atoms with Crippen LogP contribution in [0.15, 0.2) is 30.3 Å². The molecule has 19 heavy (non-hydrogen) atoms. The van der Waals surface area contributed by atoms with Crippen LogP contribution in [0.3, 0.4) is 0 Å². The van der Waals surface area contributed by atoms with Crippen molar-refractivity contribution in [3.63, 3.8) is 0 Å². The van der Waals surface area contributed by atoms with Crippen LogP contribution in [0, 0.1) is 29.1 Å². The van der Waals surface area contributed by atoms with Gasteiger partial charge in [0, 0.05) is 11.6 Å². The number of benzene rings is 2. The Morgan fingerprint density at radius 2 is 1.26 bits per heavy atom. The highest BCUT2D eigenvalue weighted by Gasteiger charge is 2.25. The number of hydrogen-bond donors (Lipinski definition) is 0. The minimum atomic E-state index is -1.78. The van der Waals surface area contributed by atoms with Gasteiger partial charge in [0.1, 0.15) is 11.4 Å². The summed E-state index contributed by atoms with van der Waals surface area (Å²) in [6.07, 6.45) is 0. The summed E-state index contributed by atoms with van der Waals surface area (Å²) in [5.41, 5.74) is -1.63. The van der Waals surface area contributed by atoms with Crippen molar-refractivity contribution >= 4 is 5.78 Å². The molecule has 0 bridgehead atoms. The molecule has 0 radical (unpaired) electrons. The highest BCUT2D eigenvalue weighted by atomic mass is 19.2. The first-order valence-electron chi connectivity index (χ1n) is 5.05. The highest BCUT2D eigenvalue weighted by molar-refractivity contribution is 6.09. The van der Waals surface area contributed by atoms with E-state index >= 15 is 0 Å². The minimum Gasteiger partial charge on any atom is -0.288 e. The maximum atomic E-state index is 13.4. The lowest BCUT2D eigenvalue weighted by atomic mass is 10.0. The number of ketones is 1. The van der Waals surface area contributed by atoms with E-state index in [9.17, 15) is 26.7 Å². The standard InChI is InChI=1S/C13H5F5O/c14-7-3-1-6(2-4-7)13(19)10-11(17)8(15)5-9(16)12(10)18/h1-5H. The van der Waals surface area contributed by atoms with Crippen LogP contribution in [-0.2, 0) is 0 Å². The predicted molar refractivity (Wildman–Crippen MR) is 56.1 cm³/mol. The van der Waals surface area contributed by atoms with Gasteiger partial charge in [-0.1, -0.05) is 0 Å². The lowest BCUT2D eigenvalue weighted by molar-refractivity contribution is 0.102. The molecule has 0 atom stereocenters. The van der Waals surface area contributed by atoms with Crippen LogP contribution >= 0.6 is 0 Å². The number of carbonyl (C=O) groups excluding carboxylic acids is 1. The van der Waals surface area contributed by atoms with Crippen molar-refractivity contribution in [1.82, 2.24) is 0 Å². The third-order valence-corrected chi connectivity index (χ3v) is 2.45. The molecule has 0 fully saturated rings. The average molecular weight is 272 g/mol. The quantitative estimate of drug-likeness (QED) is 0.463. The third kappa shape index (κ3) is 2.33. The zero-order valence-corrected chi connectivity index (χ0v) is 9.18. The number of rotatable bonds is 2. The monoisotopic (exact) mass is 272 g/mol. The Kier molecular flexibility index (Phi) is 3.33. The molecule has 2 aromatic carbocycles. The summed E-state index contributed by atoms with van der Waals surface area (Å²) in [7, 11) is 0. The summed E-state index contributed by atoms with van der Waals surface area (Å²) < 4.78 is 65.4. The first kappa shape index (κ1) is 13.2. The van der Waals surface area contributed by atoms with Gasteiger partial charge in [0.25, 0.3) is 0 Å². The van der Waals surface area contributed by atoms with E-state index < -0.39 is 40.4 Å². The molecule has 6 heteroatoms. The van der Waals surface area contributed by atoms with Gasteiger partial charge in [-0.3, -0.25) is 4.79 Å². The van der Waals surface area contributed by atoms with E-state index in [2.05, 4.69) is 0 Å². The van der Waals surface area contributed by atoms with Crippen molar-refractivity contribution < 1.29 is 26.7 Å². The summed E-state index contributed by atoms with van der Waals surface area (Å²) in [5, 5.41) is 0. The van der Waals surface area contributed by atoms with Crippen molar-refractivity contribution in [2.75, 3.05) is 0 Å². The maximum Gasteiger partial charge on any atom is 0.199 e. The van der Waals surface area contributed by atoms with Gasteiger partial charge in [-0.2, -0.15) is 0 Å². The number of hydrogen-bond acceptors (Lipinski definition) is 1. The second kappa shape index (κ2) is 4.79. The molecule has 2 aromatic rings. The van der Waals surface area contributed by atoms with E-state index in [0.717, 1.165) is 24.3 Å². The molecule has 0 aliphatic heterocycles. The molecular weight excluding hydrogens is 267 g/mol. The summed E-state index contributed by atoms with van der Waals surface area (Å²) in [5.74, 6) is -8.86. The SMILES string of the molecule is O=C(c1ccc(F)cc1)c1c(F)c(F)cc(F)c1F. The van der Waals surface area contributed by atoms with Gasteiger partial charge in [0.2, 0.25) is 0 Å². The Morgan fingerprint density at radius 3 is 1.74 bits per heavy atom. The first-order chi connectivity index (χ1) is 8.91. The maximum absolute atomic E-state index is 13.4. The lowest BCUT2D eigenvalue weighted by Crippen LogP contribution is -2.11. The Balaban J connectivity index is 2.59. The fourth-order valence-electron chi connectivity index (χ4n) is 1.52. The molecule has 0 spiro atoms. The highest BCUT2D eigenvalue weighted by Crippen LogP contribution is 2.22. The normalized spacial score (nSPS) is 10.6. The molecule has 0 N–H and O–H groups in total. The first-order valence-corrected chi connectivity index (χ1v) is 5.05. The second-order valence-electron chi connectivity index (χ2n) is 3.68. The van der Waals surface area contributed by atoms with Crippen LogP contribution in [0.1, 0.15) is 15.9 Å². The Morgan fingerprint density at radius 1 is 0.789 bits per heavy atom. The molecular formula is C13H5F5O. The third-order valence-electron chi connectivity index (χ3n) is 2.45. The Labute approximate surface area is 104 Å². The molecule has 0 aromatic heterocycles. The van der Waals surface area contributed by atoms with Gasteiger partial charge in [-0.15, -0.1) is 0 Å². The van der Waals surface area contributed by atoms with Gasteiger partial charge in [-0.25, -0.2) is 22.0 Å². The molecule has 0 unspecified atom stereocenters. The number of halogens is 5. The van der Waals surface area contributed by atoms with Gasteiger partial charge in [0.05, 0.1) is 0 Å². The van der Waals surface area contributed by atoms with E-state index in [1.54, 1.807) is 0 Å². The largest absolute Gasteiger partial charge is 0.288 e. The van der Waals surface area contributed by atoms with Gasteiger partial charge in [0.15, 0.2) is 29.1 Å². The zero-order valence-electron chi connectivity index (χ0n) is 9.18. The molecule has 0 saturated heterocycles. The van der Waals surface area contributed by atoms with Gasteiger partial charge in [-0.05, 0) is 24.3 Å². The van der Waals surface area contributed by atoms with Gasteiger partial charge >= 0.3 is 0 Å². The van der Waals surface area contributed by atoms with Crippen molar-refractivity contribution in [3.8, 4) is 0 Å². The fourth-order valence-corrected chi connectivity index (χ4v) is 1.52. The van der Waals surface area contributed by atoms with E-state index in [0.29, 0.717) is 0 Å². The van der Waals surface area contributed by atoms with Crippen LogP contribution in [0.2, 0.25) is 0 Å². The van der Waals surface area contributed by atoms with E-state index in [1.807, 2.05) is 0 Å². The smallest absolute Gasteiger partial charge is 0.199 e. The topological polar surface area (TPSA) is 17.1 Å². The van der Waals surface area contributed by atoms with Gasteiger partial charge < -0.3 is 0 Å². The van der Waals surface area contributed by atoms with Crippen molar-refractivity contribution in [1.29, 1.82) is 0 Å². The van der Waals surface area contributed by atoms with Crippen LogP contribution in [-0.4, -0.2) is 5.78 Å². The molecule has 0 aliphatic carbocycles. The second-order valence-corrected chi connectivity index (χ2v) is 3.68. The van der Waals surface area contributed by atoms with E-state index in [1.165, 1.54) is 0 Å². The molecule has 0 aliphatic rings. The summed E-state index contributed by atoms with van der Waals surface area (Å²) in [6.45, 7) is 0. The predicted octanol–water partition coefficient (Wildman–Crippen LogP) is 3.61. The van der Waals surface area contributed by atoms with Crippen LogP contribution in [0.5, 0.6) is 0 Å². The summed E-state index contributed by atoms with van der Waals surface area (Å²) in [6, 6.07) is 3.70. The molecule has 0 saturated carbocycles. The van der Waals surface area contributed by atoms with Crippen molar-refractivity contribution in [2.24, 2.45) is 0 Å². The number of carbonyl (C=O) groups is 1. The van der Waals surface area contributed by atoms with Crippen LogP contribution in [0.25, 0.3) is 0 Å². The molecule has 98 valence electrons. The average Bonchev–Trinajstić information content (AvgIpc) is 2.37. The molecule has 0 heterocycles. The summed E-state index contributed by atoms with van der Waals surface area (Å²) >= 11 is 0. The molecule has 1 nitrogen and oxygen atoms in total. The Hall–Kier alpha value is -2.24. The van der Waals surface area contributed by atoms with Crippen molar-refractivity contribution in [2.45, 2.75) is 0 Å². The fraction of sp³-hybridized carbons (Fsp3) is 0. The zero-order chi connectivity index (χ0) is 14.2. The van der Waals surface area contributed by atoms with Crippen LogP contribution < -0.4 is 0 Å². The molecule has 0 amide bonds. The van der Waals surface area contributed by atoms with Crippen molar-refractivity contribution in [3.05, 3.63) is 70.5 Å². The molecule has 2 rings (SSSR count).